The first kappa shape index (κ1) is 37.3. The van der Waals surface area contributed by atoms with E-state index in [-0.39, 0.29) is 23.0 Å². The molecule has 242 valence electrons. The lowest BCUT2D eigenvalue weighted by molar-refractivity contribution is 0.00367. The highest BCUT2D eigenvalue weighted by Gasteiger charge is 2.20. The highest BCUT2D eigenvalue weighted by molar-refractivity contribution is 6.00. The molecule has 1 aromatic rings. The summed E-state index contributed by atoms with van der Waals surface area (Å²) in [5, 5.41) is 5.95. The Morgan fingerprint density at radius 3 is 1.10 bits per heavy atom. The third-order valence-electron chi connectivity index (χ3n) is 5.23. The SMILES string of the molecule is COCCOCCOCCOCCCNc1nc(C(N)=O)c(NCCCOCCOCCOCCOC)nc1C(N)=O. The van der Waals surface area contributed by atoms with E-state index in [1.165, 1.54) is 0 Å². The lowest BCUT2D eigenvalue weighted by Gasteiger charge is -2.14. The van der Waals surface area contributed by atoms with E-state index in [0.29, 0.717) is 118 Å². The molecule has 0 aliphatic heterocycles. The van der Waals surface area contributed by atoms with E-state index in [4.69, 9.17) is 49.4 Å². The number of rotatable bonds is 30. The summed E-state index contributed by atoms with van der Waals surface area (Å²) < 4.78 is 42.3. The normalized spacial score (nSPS) is 11.1. The number of hydrogen-bond acceptors (Lipinski definition) is 14. The molecule has 16 heteroatoms. The topological polar surface area (TPSA) is 210 Å². The van der Waals surface area contributed by atoms with Gasteiger partial charge in [0, 0.05) is 40.5 Å². The molecule has 42 heavy (non-hydrogen) atoms. The maximum Gasteiger partial charge on any atom is 0.271 e. The Bertz CT molecular complexity index is 784. The molecule has 0 saturated carbocycles. The minimum absolute atomic E-state index is 0.0751. The van der Waals surface area contributed by atoms with Crippen LogP contribution in [0.1, 0.15) is 33.8 Å². The summed E-state index contributed by atoms with van der Waals surface area (Å²) in [6.45, 7) is 7.56. The molecule has 1 aromatic heterocycles. The highest BCUT2D eigenvalue weighted by atomic mass is 16.6. The van der Waals surface area contributed by atoms with Gasteiger partial charge in [-0.1, -0.05) is 0 Å². The van der Waals surface area contributed by atoms with Crippen molar-refractivity contribution < 1.29 is 47.5 Å². The van der Waals surface area contributed by atoms with Crippen molar-refractivity contribution in [1.29, 1.82) is 0 Å². The molecule has 0 unspecified atom stereocenters. The Morgan fingerprint density at radius 1 is 0.524 bits per heavy atom. The van der Waals surface area contributed by atoms with Gasteiger partial charge in [0.25, 0.3) is 11.8 Å². The first-order valence-corrected chi connectivity index (χ1v) is 13.9. The molecule has 16 nitrogen and oxygen atoms in total. The second kappa shape index (κ2) is 26.0. The van der Waals surface area contributed by atoms with Crippen molar-refractivity contribution in [3.05, 3.63) is 11.4 Å². The molecule has 0 saturated heterocycles. The van der Waals surface area contributed by atoms with Crippen LogP contribution in [-0.2, 0) is 37.9 Å². The fourth-order valence-corrected chi connectivity index (χ4v) is 3.16. The van der Waals surface area contributed by atoms with Gasteiger partial charge in [0.2, 0.25) is 0 Å². The van der Waals surface area contributed by atoms with E-state index < -0.39 is 11.8 Å². The molecule has 0 aromatic carbocycles. The zero-order valence-corrected chi connectivity index (χ0v) is 24.9. The van der Waals surface area contributed by atoms with Gasteiger partial charge < -0.3 is 60.0 Å². The quantitative estimate of drug-likeness (QED) is 0.0829. The lowest BCUT2D eigenvalue weighted by atomic mass is 10.3. The predicted molar refractivity (Wildman–Crippen MR) is 154 cm³/mol. The van der Waals surface area contributed by atoms with Gasteiger partial charge >= 0.3 is 0 Å². The first-order valence-electron chi connectivity index (χ1n) is 13.9. The van der Waals surface area contributed by atoms with Crippen molar-refractivity contribution in [2.24, 2.45) is 11.5 Å². The van der Waals surface area contributed by atoms with Crippen LogP contribution in [0.15, 0.2) is 0 Å². The Balaban J connectivity index is 2.31. The summed E-state index contributed by atoms with van der Waals surface area (Å²) in [6.07, 6.45) is 1.19. The molecule has 0 bridgehead atoms. The number of hydrogen-bond donors (Lipinski definition) is 4. The van der Waals surface area contributed by atoms with Crippen LogP contribution in [0, 0.1) is 0 Å². The molecular formula is C26H48N6O10. The molecule has 0 fully saturated rings. The van der Waals surface area contributed by atoms with Crippen molar-refractivity contribution in [2.75, 3.05) is 130 Å². The summed E-state index contributed by atoms with van der Waals surface area (Å²) in [5.74, 6) is -1.44. The number of anilines is 2. The summed E-state index contributed by atoms with van der Waals surface area (Å²) in [7, 11) is 3.24. The number of aromatic nitrogens is 2. The fourth-order valence-electron chi connectivity index (χ4n) is 3.16. The van der Waals surface area contributed by atoms with Crippen LogP contribution < -0.4 is 22.1 Å². The number of ether oxygens (including phenoxy) is 8. The number of nitrogens with zero attached hydrogens (tertiary/aromatic N) is 2. The van der Waals surface area contributed by atoms with Crippen molar-refractivity contribution >= 4 is 23.5 Å². The maximum absolute atomic E-state index is 12.0. The Kier molecular flexibility index (Phi) is 23.1. The van der Waals surface area contributed by atoms with Crippen LogP contribution in [0.25, 0.3) is 0 Å². The van der Waals surface area contributed by atoms with Crippen molar-refractivity contribution in [3.8, 4) is 0 Å². The van der Waals surface area contributed by atoms with E-state index in [1.807, 2.05) is 0 Å². The van der Waals surface area contributed by atoms with Gasteiger partial charge in [-0.2, -0.15) is 0 Å². The molecule has 0 aliphatic carbocycles. The number of primary amides is 2. The number of carbonyl (C=O) groups is 2. The smallest absolute Gasteiger partial charge is 0.271 e. The molecule has 1 rings (SSSR count). The van der Waals surface area contributed by atoms with Gasteiger partial charge in [0.1, 0.15) is 0 Å². The highest BCUT2D eigenvalue weighted by Crippen LogP contribution is 2.18. The van der Waals surface area contributed by atoms with E-state index in [0.717, 1.165) is 0 Å². The Morgan fingerprint density at radius 2 is 0.810 bits per heavy atom. The average Bonchev–Trinajstić information content (AvgIpc) is 2.97. The fraction of sp³-hybridized carbons (Fsp3) is 0.769. The van der Waals surface area contributed by atoms with Crippen molar-refractivity contribution in [2.45, 2.75) is 12.8 Å². The van der Waals surface area contributed by atoms with Crippen LogP contribution >= 0.6 is 0 Å². The molecule has 6 N–H and O–H groups in total. The van der Waals surface area contributed by atoms with Gasteiger partial charge in [0.05, 0.1) is 79.3 Å². The van der Waals surface area contributed by atoms with Crippen LogP contribution in [-0.4, -0.2) is 142 Å². The summed E-state index contributed by atoms with van der Waals surface area (Å²) in [5.41, 5.74) is 10.8. The zero-order chi connectivity index (χ0) is 30.7. The second-order valence-electron chi connectivity index (χ2n) is 8.57. The minimum Gasteiger partial charge on any atom is -0.382 e. The van der Waals surface area contributed by atoms with Gasteiger partial charge in [0.15, 0.2) is 23.0 Å². The molecule has 0 atom stereocenters. The van der Waals surface area contributed by atoms with E-state index in [2.05, 4.69) is 20.6 Å². The van der Waals surface area contributed by atoms with Gasteiger partial charge in [-0.3, -0.25) is 9.59 Å². The number of nitrogens with two attached hydrogens (primary N) is 2. The summed E-state index contributed by atoms with van der Waals surface area (Å²) in [4.78, 5) is 32.5. The van der Waals surface area contributed by atoms with Gasteiger partial charge in [-0.05, 0) is 12.8 Å². The molecule has 0 spiro atoms. The van der Waals surface area contributed by atoms with Crippen molar-refractivity contribution in [1.82, 2.24) is 9.97 Å². The standard InChI is InChI=1S/C26H48N6O10/c1-35-9-11-39-17-19-41-15-13-37-7-3-5-29-25-21(23(27)33)32-26(22(31-25)24(28)34)30-6-4-8-38-14-16-42-20-18-40-12-10-36-2/h3-20H2,1-2H3,(H2,27,33)(H2,28,34)(H,29,31)(H,30,32). The second-order valence-corrected chi connectivity index (χ2v) is 8.57. The zero-order valence-electron chi connectivity index (χ0n) is 24.9. The largest absolute Gasteiger partial charge is 0.382 e. The molecule has 0 aliphatic rings. The Labute approximate surface area is 247 Å². The van der Waals surface area contributed by atoms with Crippen LogP contribution in [0.2, 0.25) is 0 Å². The maximum atomic E-state index is 12.0. The van der Waals surface area contributed by atoms with Crippen molar-refractivity contribution in [3.63, 3.8) is 0 Å². The van der Waals surface area contributed by atoms with Crippen LogP contribution in [0.5, 0.6) is 0 Å². The van der Waals surface area contributed by atoms with Gasteiger partial charge in [-0.25, -0.2) is 9.97 Å². The summed E-state index contributed by atoms with van der Waals surface area (Å²) >= 11 is 0. The Hall–Kier alpha value is -2.70. The number of nitrogens with one attached hydrogen (secondary N) is 2. The lowest BCUT2D eigenvalue weighted by Crippen LogP contribution is -2.25. The monoisotopic (exact) mass is 604 g/mol. The molecule has 2 amide bonds. The average molecular weight is 605 g/mol. The van der Waals surface area contributed by atoms with E-state index in [1.54, 1.807) is 14.2 Å². The predicted octanol–water partition coefficient (Wildman–Crippen LogP) is -0.329. The summed E-state index contributed by atoms with van der Waals surface area (Å²) in [6, 6.07) is 0. The van der Waals surface area contributed by atoms with E-state index >= 15 is 0 Å². The molecule has 0 radical (unpaired) electrons. The molecule has 1 heterocycles. The first-order chi connectivity index (χ1) is 20.5. The van der Waals surface area contributed by atoms with Crippen LogP contribution in [0.3, 0.4) is 0 Å². The third kappa shape index (κ3) is 18.7. The minimum atomic E-state index is -0.795. The van der Waals surface area contributed by atoms with Gasteiger partial charge in [-0.15, -0.1) is 0 Å². The number of methoxy groups -OCH3 is 2. The van der Waals surface area contributed by atoms with E-state index in [9.17, 15) is 9.59 Å². The number of amides is 2. The van der Waals surface area contributed by atoms with Crippen LogP contribution in [0.4, 0.5) is 11.6 Å². The molecular weight excluding hydrogens is 556 g/mol. The third-order valence-corrected chi connectivity index (χ3v) is 5.23. The number of carbonyl (C=O) groups excluding carboxylic acids is 2.